The molecule has 1 aliphatic carbocycles. The predicted molar refractivity (Wildman–Crippen MR) is 73.0 cm³/mol. The molecule has 0 bridgehead atoms. The number of oxime groups is 1. The van der Waals surface area contributed by atoms with Gasteiger partial charge in [0, 0.05) is 11.6 Å². The van der Waals surface area contributed by atoms with Crippen LogP contribution in [0.4, 0.5) is 23.2 Å². The molecular formula is C12H12BrF4N3O. The first kappa shape index (κ1) is 15.9. The van der Waals surface area contributed by atoms with Crippen LogP contribution in [0.2, 0.25) is 0 Å². The maximum absolute atomic E-state index is 14.3. The van der Waals surface area contributed by atoms with Gasteiger partial charge in [-0.15, -0.1) is 0 Å². The van der Waals surface area contributed by atoms with Crippen LogP contribution in [0.3, 0.4) is 0 Å². The van der Waals surface area contributed by atoms with Crippen molar-refractivity contribution in [2.75, 3.05) is 11.4 Å². The average Bonchev–Trinajstić information content (AvgIpc) is 3.22. The summed E-state index contributed by atoms with van der Waals surface area (Å²) in [4.78, 5) is 0.996. The highest BCUT2D eigenvalue weighted by Crippen LogP contribution is 2.38. The van der Waals surface area contributed by atoms with Crippen molar-refractivity contribution in [1.82, 2.24) is 0 Å². The molecule has 0 unspecified atom stereocenters. The maximum atomic E-state index is 14.3. The molecule has 1 aliphatic rings. The third-order valence-electron chi connectivity index (χ3n) is 3.09. The first-order chi connectivity index (χ1) is 9.74. The van der Waals surface area contributed by atoms with Crippen molar-refractivity contribution in [3.63, 3.8) is 0 Å². The summed E-state index contributed by atoms with van der Waals surface area (Å²) < 4.78 is 52.1. The Morgan fingerprint density at radius 3 is 2.52 bits per heavy atom. The summed E-state index contributed by atoms with van der Waals surface area (Å²) in [6.45, 7) is -1.22. The molecule has 9 heteroatoms. The van der Waals surface area contributed by atoms with E-state index in [1.54, 1.807) is 0 Å². The second-order valence-corrected chi connectivity index (χ2v) is 5.51. The van der Waals surface area contributed by atoms with E-state index in [1.165, 1.54) is 12.1 Å². The quantitative estimate of drug-likeness (QED) is 0.281. The number of amidine groups is 1. The number of nitrogens with zero attached hydrogens (tertiary/aromatic N) is 2. The van der Waals surface area contributed by atoms with Crippen LogP contribution >= 0.6 is 15.9 Å². The van der Waals surface area contributed by atoms with Gasteiger partial charge in [0.1, 0.15) is 6.54 Å². The normalized spacial score (nSPS) is 16.1. The van der Waals surface area contributed by atoms with Crippen molar-refractivity contribution in [3.05, 3.63) is 28.0 Å². The Hall–Kier alpha value is -1.51. The maximum Gasteiger partial charge on any atom is 0.405 e. The summed E-state index contributed by atoms with van der Waals surface area (Å²) in [6.07, 6.45) is -3.24. The Labute approximate surface area is 126 Å². The number of benzene rings is 1. The SMILES string of the molecule is N/C(=N/O)c1ccc(N(CC(F)(F)F)C2CC2)c(F)c1Br. The molecule has 0 saturated heterocycles. The Morgan fingerprint density at radius 2 is 2.05 bits per heavy atom. The molecular weight excluding hydrogens is 358 g/mol. The highest BCUT2D eigenvalue weighted by molar-refractivity contribution is 9.10. The second kappa shape index (κ2) is 5.70. The summed E-state index contributed by atoms with van der Waals surface area (Å²) in [7, 11) is 0. The zero-order chi connectivity index (χ0) is 15.8. The van der Waals surface area contributed by atoms with E-state index in [0.717, 1.165) is 4.90 Å². The van der Waals surface area contributed by atoms with Gasteiger partial charge in [0.05, 0.1) is 10.2 Å². The molecule has 0 amide bonds. The highest BCUT2D eigenvalue weighted by Gasteiger charge is 2.39. The minimum atomic E-state index is -4.42. The molecule has 1 aromatic carbocycles. The van der Waals surface area contributed by atoms with Crippen LogP contribution in [-0.4, -0.2) is 29.8 Å². The number of nitrogens with two attached hydrogens (primary N) is 1. The molecule has 0 aliphatic heterocycles. The minimum Gasteiger partial charge on any atom is -0.409 e. The third kappa shape index (κ3) is 3.58. The van der Waals surface area contributed by atoms with E-state index in [1.807, 2.05) is 0 Å². The van der Waals surface area contributed by atoms with Gasteiger partial charge in [-0.3, -0.25) is 0 Å². The van der Waals surface area contributed by atoms with E-state index < -0.39 is 18.5 Å². The van der Waals surface area contributed by atoms with Gasteiger partial charge < -0.3 is 15.8 Å². The van der Waals surface area contributed by atoms with Crippen molar-refractivity contribution in [2.24, 2.45) is 10.9 Å². The lowest BCUT2D eigenvalue weighted by atomic mass is 10.1. The summed E-state index contributed by atoms with van der Waals surface area (Å²) >= 11 is 2.94. The second-order valence-electron chi connectivity index (χ2n) is 4.72. The molecule has 0 radical (unpaired) electrons. The minimum absolute atomic E-state index is 0.0708. The van der Waals surface area contributed by atoms with Crippen molar-refractivity contribution >= 4 is 27.5 Å². The smallest absolute Gasteiger partial charge is 0.405 e. The fraction of sp³-hybridized carbons (Fsp3) is 0.417. The van der Waals surface area contributed by atoms with Gasteiger partial charge in [-0.2, -0.15) is 13.2 Å². The van der Waals surface area contributed by atoms with Crippen LogP contribution < -0.4 is 10.6 Å². The van der Waals surface area contributed by atoms with Gasteiger partial charge >= 0.3 is 6.18 Å². The molecule has 2 rings (SSSR count). The Kier molecular flexibility index (Phi) is 4.31. The molecule has 1 fully saturated rings. The van der Waals surface area contributed by atoms with Crippen molar-refractivity contribution in [2.45, 2.75) is 25.1 Å². The van der Waals surface area contributed by atoms with Gasteiger partial charge in [0.15, 0.2) is 11.7 Å². The fourth-order valence-corrected chi connectivity index (χ4v) is 2.54. The molecule has 1 aromatic rings. The van der Waals surface area contributed by atoms with Gasteiger partial charge in [-0.25, -0.2) is 4.39 Å². The van der Waals surface area contributed by atoms with E-state index in [4.69, 9.17) is 10.9 Å². The monoisotopic (exact) mass is 369 g/mol. The van der Waals surface area contributed by atoms with Gasteiger partial charge in [0.25, 0.3) is 0 Å². The Morgan fingerprint density at radius 1 is 1.43 bits per heavy atom. The number of halogens is 5. The molecule has 0 heterocycles. The van der Waals surface area contributed by atoms with E-state index in [0.29, 0.717) is 12.8 Å². The number of alkyl halides is 3. The molecule has 1 saturated carbocycles. The van der Waals surface area contributed by atoms with E-state index >= 15 is 0 Å². The lowest BCUT2D eigenvalue weighted by Crippen LogP contribution is -2.36. The third-order valence-corrected chi connectivity index (χ3v) is 3.87. The molecule has 3 N–H and O–H groups in total. The van der Waals surface area contributed by atoms with E-state index in [9.17, 15) is 17.6 Å². The predicted octanol–water partition coefficient (Wildman–Crippen LogP) is 3.21. The summed E-state index contributed by atoms with van der Waals surface area (Å²) in [6, 6.07) is 2.20. The lowest BCUT2D eigenvalue weighted by Gasteiger charge is -2.27. The van der Waals surface area contributed by atoms with Crippen LogP contribution in [0.25, 0.3) is 0 Å². The summed E-state index contributed by atoms with van der Waals surface area (Å²) in [5.41, 5.74) is 5.29. The van der Waals surface area contributed by atoms with Crippen molar-refractivity contribution in [1.29, 1.82) is 0 Å². The number of rotatable bonds is 4. The van der Waals surface area contributed by atoms with Crippen molar-refractivity contribution < 1.29 is 22.8 Å². The fourth-order valence-electron chi connectivity index (χ4n) is 2.00. The Bertz CT molecular complexity index is 572. The molecule has 116 valence electrons. The van der Waals surface area contributed by atoms with Crippen LogP contribution in [0.1, 0.15) is 18.4 Å². The number of anilines is 1. The molecule has 21 heavy (non-hydrogen) atoms. The summed E-state index contributed by atoms with van der Waals surface area (Å²) in [5.74, 6) is -1.20. The van der Waals surface area contributed by atoms with Gasteiger partial charge in [-0.1, -0.05) is 5.16 Å². The number of hydrogen-bond donors (Lipinski definition) is 2. The zero-order valence-electron chi connectivity index (χ0n) is 10.7. The first-order valence-electron chi connectivity index (χ1n) is 6.04. The molecule has 4 nitrogen and oxygen atoms in total. The van der Waals surface area contributed by atoms with E-state index in [2.05, 4.69) is 21.1 Å². The lowest BCUT2D eigenvalue weighted by molar-refractivity contribution is -0.120. The van der Waals surface area contributed by atoms with Crippen LogP contribution in [0.5, 0.6) is 0 Å². The van der Waals surface area contributed by atoms with Gasteiger partial charge in [-0.05, 0) is 40.9 Å². The van der Waals surface area contributed by atoms with Crippen molar-refractivity contribution in [3.8, 4) is 0 Å². The highest BCUT2D eigenvalue weighted by atomic mass is 79.9. The first-order valence-corrected chi connectivity index (χ1v) is 6.83. The largest absolute Gasteiger partial charge is 0.409 e. The Balaban J connectivity index is 2.40. The number of hydrogen-bond acceptors (Lipinski definition) is 3. The zero-order valence-corrected chi connectivity index (χ0v) is 12.2. The van der Waals surface area contributed by atoms with Crippen LogP contribution in [0, 0.1) is 5.82 Å². The molecule has 0 aromatic heterocycles. The van der Waals surface area contributed by atoms with Crippen LogP contribution in [0.15, 0.2) is 21.8 Å². The summed E-state index contributed by atoms with van der Waals surface area (Å²) in [5, 5.41) is 11.3. The standard InChI is InChI=1S/C12H12BrF4N3O/c13-9-7(11(18)19-21)3-4-8(10(9)14)20(6-1-2-6)5-12(15,16)17/h3-4,6,21H,1-2,5H2,(H2,18,19). The van der Waals surface area contributed by atoms with Gasteiger partial charge in [0.2, 0.25) is 0 Å². The molecule has 0 atom stereocenters. The average molecular weight is 370 g/mol. The van der Waals surface area contributed by atoms with Crippen LogP contribution in [-0.2, 0) is 0 Å². The molecule has 0 spiro atoms. The topological polar surface area (TPSA) is 61.9 Å². The van der Waals surface area contributed by atoms with E-state index in [-0.39, 0.29) is 27.6 Å².